The molecule has 0 spiro atoms. The minimum atomic E-state index is -0.236. The average Bonchev–Trinajstić information content (AvgIpc) is 3.24. The SMILES string of the molecule is CN=C(NCCc1c[nH]c2cc(F)ccc12)NCc1ncc(C(C)(C)C)o1. The van der Waals surface area contributed by atoms with Crippen LogP contribution in [-0.2, 0) is 18.4 Å². The van der Waals surface area contributed by atoms with Crippen molar-refractivity contribution in [3.8, 4) is 0 Å². The van der Waals surface area contributed by atoms with Crippen LogP contribution in [0.3, 0.4) is 0 Å². The van der Waals surface area contributed by atoms with Crippen LogP contribution in [0, 0.1) is 5.82 Å². The van der Waals surface area contributed by atoms with Crippen LogP contribution in [0.2, 0.25) is 0 Å². The Bertz CT molecular complexity index is 935. The second-order valence-corrected chi connectivity index (χ2v) is 7.47. The van der Waals surface area contributed by atoms with E-state index in [9.17, 15) is 4.39 Å². The number of rotatable bonds is 5. The van der Waals surface area contributed by atoms with Crippen LogP contribution in [0.1, 0.15) is 38.0 Å². The molecule has 0 unspecified atom stereocenters. The summed E-state index contributed by atoms with van der Waals surface area (Å²) < 4.78 is 19.0. The van der Waals surface area contributed by atoms with Crippen LogP contribution < -0.4 is 10.6 Å². The standard InChI is InChI=1S/C20H26FN5O/c1-20(2,3)17-11-25-18(27-17)12-26-19(22-4)23-8-7-13-10-24-16-9-14(21)5-6-15(13)16/h5-6,9-11,24H,7-8,12H2,1-4H3,(H2,22,23,26). The Kier molecular flexibility index (Phi) is 5.48. The highest BCUT2D eigenvalue weighted by Crippen LogP contribution is 2.22. The number of fused-ring (bicyclic) bond motifs is 1. The maximum atomic E-state index is 13.3. The molecule has 0 amide bonds. The monoisotopic (exact) mass is 371 g/mol. The van der Waals surface area contributed by atoms with Gasteiger partial charge in [-0.15, -0.1) is 0 Å². The van der Waals surface area contributed by atoms with Crippen LogP contribution in [0.15, 0.2) is 40.0 Å². The van der Waals surface area contributed by atoms with Crippen molar-refractivity contribution in [3.63, 3.8) is 0 Å². The summed E-state index contributed by atoms with van der Waals surface area (Å²) >= 11 is 0. The van der Waals surface area contributed by atoms with E-state index in [1.165, 1.54) is 12.1 Å². The van der Waals surface area contributed by atoms with Crippen LogP contribution >= 0.6 is 0 Å². The van der Waals surface area contributed by atoms with Crippen molar-refractivity contribution in [3.05, 3.63) is 53.6 Å². The molecule has 3 N–H and O–H groups in total. The molecule has 27 heavy (non-hydrogen) atoms. The summed E-state index contributed by atoms with van der Waals surface area (Å²) in [6, 6.07) is 4.80. The van der Waals surface area contributed by atoms with Gasteiger partial charge in [0.25, 0.3) is 0 Å². The molecule has 6 nitrogen and oxygen atoms in total. The summed E-state index contributed by atoms with van der Waals surface area (Å²) in [6.07, 6.45) is 4.48. The fourth-order valence-electron chi connectivity index (χ4n) is 2.80. The largest absolute Gasteiger partial charge is 0.443 e. The normalized spacial score (nSPS) is 12.6. The maximum absolute atomic E-state index is 13.3. The Hall–Kier alpha value is -2.83. The average molecular weight is 371 g/mol. The Morgan fingerprint density at radius 2 is 2.11 bits per heavy atom. The number of benzene rings is 1. The predicted octanol–water partition coefficient (Wildman–Crippen LogP) is 3.50. The molecule has 0 bridgehead atoms. The van der Waals surface area contributed by atoms with Gasteiger partial charge < -0.3 is 20.0 Å². The van der Waals surface area contributed by atoms with Gasteiger partial charge in [-0.05, 0) is 30.2 Å². The van der Waals surface area contributed by atoms with Gasteiger partial charge in [-0.25, -0.2) is 9.37 Å². The van der Waals surface area contributed by atoms with E-state index in [-0.39, 0.29) is 11.2 Å². The minimum absolute atomic E-state index is 0.0621. The smallest absolute Gasteiger partial charge is 0.213 e. The fraction of sp³-hybridized carbons (Fsp3) is 0.400. The van der Waals surface area contributed by atoms with Gasteiger partial charge in [0.1, 0.15) is 11.6 Å². The highest BCUT2D eigenvalue weighted by Gasteiger charge is 2.19. The van der Waals surface area contributed by atoms with Gasteiger partial charge in [0, 0.05) is 36.1 Å². The van der Waals surface area contributed by atoms with Crippen molar-refractivity contribution in [2.45, 2.75) is 39.2 Å². The highest BCUT2D eigenvalue weighted by atomic mass is 19.1. The molecule has 144 valence electrons. The number of aliphatic imine (C=N–C) groups is 1. The van der Waals surface area contributed by atoms with Gasteiger partial charge in [0.2, 0.25) is 5.89 Å². The predicted molar refractivity (Wildman–Crippen MR) is 105 cm³/mol. The zero-order valence-corrected chi connectivity index (χ0v) is 16.2. The summed E-state index contributed by atoms with van der Waals surface area (Å²) in [5.74, 6) is 1.93. The zero-order chi connectivity index (χ0) is 19.4. The molecule has 2 aromatic heterocycles. The van der Waals surface area contributed by atoms with Crippen LogP contribution in [0.4, 0.5) is 4.39 Å². The molecule has 0 saturated carbocycles. The first kappa shape index (κ1) is 18.9. The first-order valence-electron chi connectivity index (χ1n) is 9.02. The molecule has 0 aliphatic heterocycles. The van der Waals surface area contributed by atoms with Crippen molar-refractivity contribution in [1.82, 2.24) is 20.6 Å². The van der Waals surface area contributed by atoms with Gasteiger partial charge in [-0.2, -0.15) is 0 Å². The lowest BCUT2D eigenvalue weighted by molar-refractivity contribution is 0.379. The van der Waals surface area contributed by atoms with E-state index < -0.39 is 0 Å². The number of oxazole rings is 1. The first-order chi connectivity index (χ1) is 12.9. The highest BCUT2D eigenvalue weighted by molar-refractivity contribution is 5.83. The molecule has 3 rings (SSSR count). The summed E-state index contributed by atoms with van der Waals surface area (Å²) in [5.41, 5.74) is 1.88. The molecule has 0 fully saturated rings. The molecule has 0 aliphatic carbocycles. The van der Waals surface area contributed by atoms with Gasteiger partial charge in [-0.1, -0.05) is 20.8 Å². The number of halogens is 1. The van der Waals surface area contributed by atoms with E-state index in [1.807, 2.05) is 6.20 Å². The first-order valence-corrected chi connectivity index (χ1v) is 9.02. The lowest BCUT2D eigenvalue weighted by Gasteiger charge is -2.13. The lowest BCUT2D eigenvalue weighted by Crippen LogP contribution is -2.37. The number of nitrogens with zero attached hydrogens (tertiary/aromatic N) is 2. The summed E-state index contributed by atoms with van der Waals surface area (Å²) in [4.78, 5) is 11.6. The Balaban J connectivity index is 1.51. The van der Waals surface area contributed by atoms with Crippen molar-refractivity contribution in [2.75, 3.05) is 13.6 Å². The maximum Gasteiger partial charge on any atom is 0.213 e. The third-order valence-electron chi connectivity index (χ3n) is 4.34. The molecule has 1 aromatic carbocycles. The van der Waals surface area contributed by atoms with Crippen LogP contribution in [0.25, 0.3) is 10.9 Å². The van der Waals surface area contributed by atoms with Gasteiger partial charge >= 0.3 is 0 Å². The van der Waals surface area contributed by atoms with E-state index in [0.29, 0.717) is 24.9 Å². The molecule has 3 aromatic rings. The van der Waals surface area contributed by atoms with E-state index in [2.05, 4.69) is 46.4 Å². The van der Waals surface area contributed by atoms with E-state index >= 15 is 0 Å². The Labute approximate surface area is 158 Å². The van der Waals surface area contributed by atoms with E-state index in [1.54, 1.807) is 19.3 Å². The number of hydrogen-bond donors (Lipinski definition) is 3. The third-order valence-corrected chi connectivity index (χ3v) is 4.34. The summed E-state index contributed by atoms with van der Waals surface area (Å²) in [7, 11) is 1.72. The fourth-order valence-corrected chi connectivity index (χ4v) is 2.80. The van der Waals surface area contributed by atoms with Crippen molar-refractivity contribution < 1.29 is 8.81 Å². The van der Waals surface area contributed by atoms with Crippen LogP contribution in [-0.4, -0.2) is 29.5 Å². The molecule has 2 heterocycles. The second-order valence-electron chi connectivity index (χ2n) is 7.47. The van der Waals surface area contributed by atoms with Gasteiger partial charge in [0.05, 0.1) is 12.7 Å². The van der Waals surface area contributed by atoms with Gasteiger partial charge in [-0.3, -0.25) is 4.99 Å². The molecular formula is C20H26FN5O. The molecule has 0 saturated heterocycles. The van der Waals surface area contributed by atoms with Crippen molar-refractivity contribution in [1.29, 1.82) is 0 Å². The number of H-pyrrole nitrogens is 1. The van der Waals surface area contributed by atoms with Crippen molar-refractivity contribution >= 4 is 16.9 Å². The van der Waals surface area contributed by atoms with Gasteiger partial charge in [0.15, 0.2) is 5.96 Å². The second kappa shape index (κ2) is 7.82. The van der Waals surface area contributed by atoms with E-state index in [0.717, 1.165) is 28.6 Å². The number of nitrogens with one attached hydrogen (secondary N) is 3. The molecule has 0 aliphatic rings. The van der Waals surface area contributed by atoms with E-state index in [4.69, 9.17) is 4.42 Å². The molecule has 0 atom stereocenters. The molecular weight excluding hydrogens is 345 g/mol. The molecule has 0 radical (unpaired) electrons. The van der Waals surface area contributed by atoms with Crippen molar-refractivity contribution in [2.24, 2.45) is 4.99 Å². The van der Waals surface area contributed by atoms with Crippen LogP contribution in [0.5, 0.6) is 0 Å². The topological polar surface area (TPSA) is 78.2 Å². The summed E-state index contributed by atoms with van der Waals surface area (Å²) in [5, 5.41) is 7.51. The number of hydrogen-bond acceptors (Lipinski definition) is 3. The lowest BCUT2D eigenvalue weighted by atomic mass is 9.94. The quantitative estimate of drug-likeness (QED) is 0.474. The third kappa shape index (κ3) is 4.67. The Morgan fingerprint density at radius 1 is 1.30 bits per heavy atom. The number of aromatic amines is 1. The minimum Gasteiger partial charge on any atom is -0.443 e. The number of aromatic nitrogens is 2. The zero-order valence-electron chi connectivity index (χ0n) is 16.2. The molecule has 7 heteroatoms. The summed E-state index contributed by atoms with van der Waals surface area (Å²) in [6.45, 7) is 7.42. The number of guanidine groups is 1. The Morgan fingerprint density at radius 3 is 2.81 bits per heavy atom.